The minimum Gasteiger partial charge on any atom is -0.383 e. The number of thiazole rings is 1. The fourth-order valence-corrected chi connectivity index (χ4v) is 4.41. The van der Waals surface area contributed by atoms with Gasteiger partial charge >= 0.3 is 0 Å². The molecule has 1 fully saturated rings. The number of aromatic nitrogens is 1. The van der Waals surface area contributed by atoms with Gasteiger partial charge < -0.3 is 10.1 Å². The van der Waals surface area contributed by atoms with E-state index in [0.717, 1.165) is 18.8 Å². The van der Waals surface area contributed by atoms with Crippen LogP contribution in [0.2, 0.25) is 0 Å². The molecule has 0 saturated heterocycles. The molecule has 1 heterocycles. The molecule has 2 unspecified atom stereocenters. The van der Waals surface area contributed by atoms with Crippen LogP contribution in [0.1, 0.15) is 49.7 Å². The van der Waals surface area contributed by atoms with Crippen molar-refractivity contribution in [3.8, 4) is 0 Å². The molecule has 0 radical (unpaired) electrons. The Bertz CT molecular complexity index is 393. The van der Waals surface area contributed by atoms with Gasteiger partial charge in [-0.2, -0.15) is 0 Å². The second kappa shape index (κ2) is 6.82. The zero-order valence-electron chi connectivity index (χ0n) is 12.4. The molecule has 1 aliphatic carbocycles. The quantitative estimate of drug-likeness (QED) is 0.811. The molecule has 3 nitrogen and oxygen atoms in total. The number of nitrogens with one attached hydrogen (secondary N) is 1. The van der Waals surface area contributed by atoms with Crippen LogP contribution in [0.4, 0.5) is 0 Å². The maximum Gasteiger partial charge on any atom is 0.113 e. The summed E-state index contributed by atoms with van der Waals surface area (Å²) in [5, 5.41) is 7.25. The molecular formula is C15H26N2OS. The molecule has 4 heteroatoms. The van der Waals surface area contributed by atoms with Crippen molar-refractivity contribution in [3.05, 3.63) is 16.1 Å². The van der Waals surface area contributed by atoms with E-state index in [-0.39, 0.29) is 5.54 Å². The van der Waals surface area contributed by atoms with Gasteiger partial charge in [-0.15, -0.1) is 11.3 Å². The summed E-state index contributed by atoms with van der Waals surface area (Å²) in [4.78, 5) is 4.80. The van der Waals surface area contributed by atoms with E-state index in [4.69, 9.17) is 9.72 Å². The molecule has 0 aromatic carbocycles. The zero-order valence-corrected chi connectivity index (χ0v) is 13.2. The van der Waals surface area contributed by atoms with Crippen LogP contribution in [0.15, 0.2) is 5.38 Å². The van der Waals surface area contributed by atoms with Crippen molar-refractivity contribution in [1.29, 1.82) is 0 Å². The Morgan fingerprint density at radius 2 is 2.37 bits per heavy atom. The van der Waals surface area contributed by atoms with Gasteiger partial charge in [-0.1, -0.05) is 26.2 Å². The van der Waals surface area contributed by atoms with Gasteiger partial charge in [0.1, 0.15) is 5.01 Å². The lowest BCUT2D eigenvalue weighted by molar-refractivity contribution is 0.115. The van der Waals surface area contributed by atoms with Gasteiger partial charge in [0.25, 0.3) is 0 Å². The number of ether oxygens (including phenoxy) is 1. The summed E-state index contributed by atoms with van der Waals surface area (Å²) in [6, 6.07) is 0. The van der Waals surface area contributed by atoms with Gasteiger partial charge in [0.15, 0.2) is 0 Å². The van der Waals surface area contributed by atoms with Crippen LogP contribution in [-0.4, -0.2) is 25.2 Å². The molecule has 108 valence electrons. The standard InChI is InChI=1S/C15H26N2OS/c1-4-13-7-5-6-8-15(13,16-9-10-18-3)14-17-12(2)11-19-14/h11,13,16H,4-10H2,1-3H3. The van der Waals surface area contributed by atoms with Crippen molar-refractivity contribution in [1.82, 2.24) is 10.3 Å². The molecule has 0 aliphatic heterocycles. The van der Waals surface area contributed by atoms with E-state index in [1.54, 1.807) is 7.11 Å². The van der Waals surface area contributed by atoms with Gasteiger partial charge in [0.05, 0.1) is 12.1 Å². The predicted molar refractivity (Wildman–Crippen MR) is 80.7 cm³/mol. The minimum atomic E-state index is 0.0878. The molecule has 1 N–H and O–H groups in total. The second-order valence-corrected chi connectivity index (χ2v) is 6.39. The lowest BCUT2D eigenvalue weighted by atomic mass is 9.71. The molecule has 0 amide bonds. The normalized spacial score (nSPS) is 27.6. The van der Waals surface area contributed by atoms with Gasteiger partial charge in [-0.25, -0.2) is 4.98 Å². The van der Waals surface area contributed by atoms with Crippen LogP contribution in [-0.2, 0) is 10.3 Å². The van der Waals surface area contributed by atoms with E-state index in [1.807, 2.05) is 11.3 Å². The van der Waals surface area contributed by atoms with E-state index >= 15 is 0 Å². The first-order valence-corrected chi connectivity index (χ1v) is 8.27. The number of nitrogens with zero attached hydrogens (tertiary/aromatic N) is 1. The molecule has 1 aromatic heterocycles. The second-order valence-electron chi connectivity index (χ2n) is 5.54. The maximum absolute atomic E-state index is 5.21. The average Bonchev–Trinajstić information content (AvgIpc) is 2.86. The monoisotopic (exact) mass is 282 g/mol. The lowest BCUT2D eigenvalue weighted by Crippen LogP contribution is -2.51. The topological polar surface area (TPSA) is 34.1 Å². The number of aryl methyl sites for hydroxylation is 1. The van der Waals surface area contributed by atoms with Gasteiger partial charge in [0.2, 0.25) is 0 Å². The van der Waals surface area contributed by atoms with E-state index in [0.29, 0.717) is 5.92 Å². The van der Waals surface area contributed by atoms with Crippen LogP contribution in [0.3, 0.4) is 0 Å². The Labute approximate surface area is 120 Å². The Morgan fingerprint density at radius 3 is 3.00 bits per heavy atom. The largest absolute Gasteiger partial charge is 0.383 e. The molecule has 2 atom stereocenters. The van der Waals surface area contributed by atoms with Crippen molar-refractivity contribution < 1.29 is 4.74 Å². The number of rotatable bonds is 6. The minimum absolute atomic E-state index is 0.0878. The van der Waals surface area contributed by atoms with E-state index in [2.05, 4.69) is 24.5 Å². The first kappa shape index (κ1) is 14.9. The summed E-state index contributed by atoms with van der Waals surface area (Å²) in [7, 11) is 1.76. The highest BCUT2D eigenvalue weighted by atomic mass is 32.1. The number of methoxy groups -OCH3 is 1. The highest BCUT2D eigenvalue weighted by molar-refractivity contribution is 7.09. The highest BCUT2D eigenvalue weighted by Gasteiger charge is 2.42. The van der Waals surface area contributed by atoms with E-state index in [9.17, 15) is 0 Å². The Hall–Kier alpha value is -0.450. The first-order chi connectivity index (χ1) is 9.23. The third kappa shape index (κ3) is 3.18. The number of hydrogen-bond acceptors (Lipinski definition) is 4. The molecule has 1 saturated carbocycles. The summed E-state index contributed by atoms with van der Waals surface area (Å²) in [5.74, 6) is 0.698. The summed E-state index contributed by atoms with van der Waals surface area (Å²) in [6.07, 6.45) is 6.40. The van der Waals surface area contributed by atoms with Crippen LogP contribution in [0.25, 0.3) is 0 Å². The first-order valence-electron chi connectivity index (χ1n) is 7.39. The average molecular weight is 282 g/mol. The van der Waals surface area contributed by atoms with Gasteiger partial charge in [-0.05, 0) is 25.7 Å². The van der Waals surface area contributed by atoms with Crippen LogP contribution in [0.5, 0.6) is 0 Å². The van der Waals surface area contributed by atoms with E-state index < -0.39 is 0 Å². The summed E-state index contributed by atoms with van der Waals surface area (Å²) >= 11 is 1.82. The summed E-state index contributed by atoms with van der Waals surface area (Å²) in [5.41, 5.74) is 1.23. The molecule has 2 rings (SSSR count). The van der Waals surface area contributed by atoms with Gasteiger partial charge in [-0.3, -0.25) is 0 Å². The maximum atomic E-state index is 5.21. The SMILES string of the molecule is CCC1CCCCC1(NCCOC)c1nc(C)cs1. The fourth-order valence-electron chi connectivity index (χ4n) is 3.32. The van der Waals surface area contributed by atoms with E-state index in [1.165, 1.54) is 37.1 Å². The third-order valence-electron chi connectivity index (χ3n) is 4.31. The Morgan fingerprint density at radius 1 is 1.53 bits per heavy atom. The predicted octanol–water partition coefficient (Wildman–Crippen LogP) is 3.48. The highest BCUT2D eigenvalue weighted by Crippen LogP contribution is 2.44. The molecule has 1 aliphatic rings. The summed E-state index contributed by atoms with van der Waals surface area (Å²) in [6.45, 7) is 6.07. The molecular weight excluding hydrogens is 256 g/mol. The zero-order chi connectivity index (χ0) is 13.7. The summed E-state index contributed by atoms with van der Waals surface area (Å²) < 4.78 is 5.21. The van der Waals surface area contributed by atoms with Gasteiger partial charge in [0, 0.05) is 24.7 Å². The van der Waals surface area contributed by atoms with Crippen LogP contribution in [0, 0.1) is 12.8 Å². The van der Waals surface area contributed by atoms with Crippen molar-refractivity contribution in [2.24, 2.45) is 5.92 Å². The third-order valence-corrected chi connectivity index (χ3v) is 5.45. The van der Waals surface area contributed by atoms with Crippen molar-refractivity contribution in [2.45, 2.75) is 51.5 Å². The van der Waals surface area contributed by atoms with Crippen LogP contribution >= 0.6 is 11.3 Å². The number of hydrogen-bond donors (Lipinski definition) is 1. The van der Waals surface area contributed by atoms with Crippen LogP contribution < -0.4 is 5.32 Å². The smallest absolute Gasteiger partial charge is 0.113 e. The Kier molecular flexibility index (Phi) is 5.37. The van der Waals surface area contributed by atoms with Crippen molar-refractivity contribution in [3.63, 3.8) is 0 Å². The Balaban J connectivity index is 2.25. The molecule has 0 spiro atoms. The van der Waals surface area contributed by atoms with Crippen molar-refractivity contribution in [2.75, 3.05) is 20.3 Å². The molecule has 0 bridgehead atoms. The fraction of sp³-hybridized carbons (Fsp3) is 0.800. The molecule has 19 heavy (non-hydrogen) atoms. The molecule has 1 aromatic rings. The lowest BCUT2D eigenvalue weighted by Gasteiger charge is -2.43. The van der Waals surface area contributed by atoms with Crippen molar-refractivity contribution >= 4 is 11.3 Å².